The number of nitrogens with two attached hydrogens (primary N) is 1. The Balaban J connectivity index is 2.12. The van der Waals surface area contributed by atoms with Crippen LogP contribution in [0.1, 0.15) is 54.0 Å². The number of nitrogen functional groups attached to an aromatic ring is 1. The van der Waals surface area contributed by atoms with Gasteiger partial charge in [0.1, 0.15) is 0 Å². The molecule has 148 valence electrons. The lowest BCUT2D eigenvalue weighted by Gasteiger charge is -2.30. The van der Waals surface area contributed by atoms with Gasteiger partial charge < -0.3 is 10.7 Å². The summed E-state index contributed by atoms with van der Waals surface area (Å²) in [6.07, 6.45) is 0. The van der Waals surface area contributed by atoms with Gasteiger partial charge >= 0.3 is 0 Å². The minimum absolute atomic E-state index is 0.0732. The van der Waals surface area contributed by atoms with Gasteiger partial charge in [0, 0.05) is 17.6 Å². The summed E-state index contributed by atoms with van der Waals surface area (Å²) in [7, 11) is 0. The Hall–Kier alpha value is -2.02. The van der Waals surface area contributed by atoms with Gasteiger partial charge in [0.15, 0.2) is 5.82 Å². The van der Waals surface area contributed by atoms with Crippen molar-refractivity contribution in [3.8, 4) is 11.4 Å². The summed E-state index contributed by atoms with van der Waals surface area (Å²) >= 11 is 1.31. The van der Waals surface area contributed by atoms with Crippen LogP contribution >= 0.6 is 11.8 Å². The molecule has 0 fully saturated rings. The molecule has 1 heterocycles. The largest absolute Gasteiger partial charge is 0.337 e. The maximum Gasteiger partial charge on any atom is 0.233 e. The van der Waals surface area contributed by atoms with Crippen LogP contribution in [0, 0.1) is 0 Å². The summed E-state index contributed by atoms with van der Waals surface area (Å²) in [6.45, 7) is 14.6. The summed E-state index contributed by atoms with van der Waals surface area (Å²) in [5.41, 5.74) is 2.24. The van der Waals surface area contributed by atoms with Gasteiger partial charge in [-0.2, -0.15) is 0 Å². The average Bonchev–Trinajstić information content (AvgIpc) is 2.92. The van der Waals surface area contributed by atoms with E-state index in [4.69, 9.17) is 5.84 Å². The molecule has 6 nitrogen and oxygen atoms in total. The van der Waals surface area contributed by atoms with Crippen LogP contribution in [0.3, 0.4) is 0 Å². The van der Waals surface area contributed by atoms with E-state index in [0.717, 1.165) is 5.56 Å². The van der Waals surface area contributed by atoms with Crippen LogP contribution in [0.5, 0.6) is 0 Å². The van der Waals surface area contributed by atoms with Crippen LogP contribution in [0.25, 0.3) is 11.4 Å². The van der Waals surface area contributed by atoms with E-state index in [0.29, 0.717) is 11.0 Å². The number of benzene rings is 1. The number of thioether (sulfide) groups is 1. The van der Waals surface area contributed by atoms with Gasteiger partial charge in [0.2, 0.25) is 11.1 Å². The lowest BCUT2D eigenvalue weighted by atomic mass is 9.87. The molecule has 0 aliphatic carbocycles. The predicted molar refractivity (Wildman–Crippen MR) is 112 cm³/mol. The highest BCUT2D eigenvalue weighted by Gasteiger charge is 2.22. The molecule has 0 atom stereocenters. The third-order valence-corrected chi connectivity index (χ3v) is 5.33. The molecule has 0 bridgehead atoms. The zero-order chi connectivity index (χ0) is 20.4. The number of amides is 1. The Morgan fingerprint density at radius 3 is 2.15 bits per heavy atom. The van der Waals surface area contributed by atoms with Crippen molar-refractivity contribution in [2.45, 2.75) is 71.1 Å². The molecule has 0 unspecified atom stereocenters. The first-order chi connectivity index (χ1) is 12.5. The maximum absolute atomic E-state index is 12.5. The van der Waals surface area contributed by atoms with Crippen LogP contribution in [0.2, 0.25) is 0 Å². The molecular formula is C20H31N5OS. The van der Waals surface area contributed by atoms with Crippen molar-refractivity contribution >= 4 is 17.7 Å². The Morgan fingerprint density at radius 1 is 1.11 bits per heavy atom. The van der Waals surface area contributed by atoms with E-state index in [9.17, 15) is 4.79 Å². The molecule has 0 aliphatic rings. The molecule has 1 aromatic heterocycles. The second-order valence-corrected chi connectivity index (χ2v) is 9.22. The van der Waals surface area contributed by atoms with Crippen molar-refractivity contribution in [1.82, 2.24) is 19.8 Å². The Morgan fingerprint density at radius 2 is 1.67 bits per heavy atom. The predicted octanol–water partition coefficient (Wildman–Crippen LogP) is 3.69. The second kappa shape index (κ2) is 8.33. The molecule has 0 saturated carbocycles. The van der Waals surface area contributed by atoms with Crippen molar-refractivity contribution < 1.29 is 4.79 Å². The lowest BCUT2D eigenvalue weighted by molar-refractivity contribution is -0.131. The topological polar surface area (TPSA) is 77.0 Å². The maximum atomic E-state index is 12.5. The quantitative estimate of drug-likeness (QED) is 0.602. The van der Waals surface area contributed by atoms with Crippen molar-refractivity contribution in [2.24, 2.45) is 0 Å². The first kappa shape index (κ1) is 21.3. The van der Waals surface area contributed by atoms with E-state index in [1.165, 1.54) is 22.0 Å². The Bertz CT molecular complexity index is 767. The molecule has 0 saturated heterocycles. The highest BCUT2D eigenvalue weighted by atomic mass is 32.2. The molecule has 27 heavy (non-hydrogen) atoms. The summed E-state index contributed by atoms with van der Waals surface area (Å²) in [5.74, 6) is 7.14. The van der Waals surface area contributed by atoms with Crippen LogP contribution in [0.4, 0.5) is 0 Å². The lowest BCUT2D eigenvalue weighted by Crippen LogP contribution is -2.43. The van der Waals surface area contributed by atoms with Gasteiger partial charge in [-0.1, -0.05) is 56.8 Å². The van der Waals surface area contributed by atoms with E-state index in [1.807, 2.05) is 44.7 Å². The fourth-order valence-electron chi connectivity index (χ4n) is 3.06. The number of hydrogen-bond donors (Lipinski definition) is 1. The summed E-state index contributed by atoms with van der Waals surface area (Å²) < 4.78 is 1.46. The molecule has 7 heteroatoms. The number of nitrogens with zero attached hydrogens (tertiary/aromatic N) is 4. The Kier molecular flexibility index (Phi) is 6.57. The van der Waals surface area contributed by atoms with Gasteiger partial charge in [0.05, 0.1) is 5.75 Å². The molecule has 0 radical (unpaired) electrons. The Labute approximate surface area is 166 Å². The van der Waals surface area contributed by atoms with Crippen molar-refractivity contribution in [2.75, 3.05) is 11.6 Å². The van der Waals surface area contributed by atoms with Crippen LogP contribution in [0.15, 0.2) is 29.4 Å². The molecule has 2 N–H and O–H groups in total. The van der Waals surface area contributed by atoms with Gasteiger partial charge in [-0.15, -0.1) is 10.2 Å². The van der Waals surface area contributed by atoms with Gasteiger partial charge in [-0.25, -0.2) is 4.68 Å². The number of carbonyl (C=O) groups excluding carboxylic acids is 1. The standard InChI is InChI=1S/C20H31N5OS/c1-13(2)24(14(3)4)17(26)12-27-19-23-22-18(25(19)21)15-8-10-16(11-9-15)20(5,6)7/h8-11,13-14H,12,21H2,1-7H3. The molecule has 0 aliphatic heterocycles. The van der Waals surface area contributed by atoms with E-state index >= 15 is 0 Å². The molecular weight excluding hydrogens is 358 g/mol. The van der Waals surface area contributed by atoms with Gasteiger partial charge in [-0.3, -0.25) is 4.79 Å². The fourth-order valence-corrected chi connectivity index (χ4v) is 3.79. The second-order valence-electron chi connectivity index (χ2n) is 8.28. The number of hydrogen-bond acceptors (Lipinski definition) is 5. The first-order valence-corrected chi connectivity index (χ1v) is 10.3. The number of rotatable bonds is 6. The van der Waals surface area contributed by atoms with E-state index in [1.54, 1.807) is 0 Å². The zero-order valence-corrected chi connectivity index (χ0v) is 18.2. The SMILES string of the molecule is CC(C)N(C(=O)CSc1nnc(-c2ccc(C(C)(C)C)cc2)n1N)C(C)C. The van der Waals surface area contributed by atoms with Gasteiger partial charge in [0.25, 0.3) is 0 Å². The van der Waals surface area contributed by atoms with Crippen LogP contribution in [-0.4, -0.2) is 43.5 Å². The summed E-state index contributed by atoms with van der Waals surface area (Å²) in [6, 6.07) is 8.50. The molecule has 0 spiro atoms. The minimum atomic E-state index is 0.0732. The summed E-state index contributed by atoms with van der Waals surface area (Å²) in [5, 5.41) is 8.91. The normalized spacial score (nSPS) is 12.0. The van der Waals surface area contributed by atoms with Crippen LogP contribution < -0.4 is 5.84 Å². The number of carbonyl (C=O) groups is 1. The van der Waals surface area contributed by atoms with Gasteiger partial charge in [-0.05, 0) is 38.7 Å². The third kappa shape index (κ3) is 5.03. The highest BCUT2D eigenvalue weighted by Crippen LogP contribution is 2.26. The molecule has 2 rings (SSSR count). The zero-order valence-electron chi connectivity index (χ0n) is 17.4. The van der Waals surface area contributed by atoms with Crippen molar-refractivity contribution in [3.63, 3.8) is 0 Å². The van der Waals surface area contributed by atoms with E-state index in [-0.39, 0.29) is 29.2 Å². The third-order valence-electron chi connectivity index (χ3n) is 4.40. The van der Waals surface area contributed by atoms with E-state index in [2.05, 4.69) is 43.1 Å². The van der Waals surface area contributed by atoms with Crippen LogP contribution in [-0.2, 0) is 10.2 Å². The minimum Gasteiger partial charge on any atom is -0.337 e. The molecule has 1 amide bonds. The average molecular weight is 390 g/mol. The van der Waals surface area contributed by atoms with Crippen molar-refractivity contribution in [1.29, 1.82) is 0 Å². The smallest absolute Gasteiger partial charge is 0.233 e. The monoisotopic (exact) mass is 389 g/mol. The molecule has 1 aromatic carbocycles. The summed E-state index contributed by atoms with van der Waals surface area (Å²) in [4.78, 5) is 14.4. The highest BCUT2D eigenvalue weighted by molar-refractivity contribution is 7.99. The molecule has 2 aromatic rings. The fraction of sp³-hybridized carbons (Fsp3) is 0.550. The number of aromatic nitrogens is 3. The van der Waals surface area contributed by atoms with Crippen molar-refractivity contribution in [3.05, 3.63) is 29.8 Å². The first-order valence-electron chi connectivity index (χ1n) is 9.27. The van der Waals surface area contributed by atoms with E-state index < -0.39 is 0 Å².